The van der Waals surface area contributed by atoms with Crippen LogP contribution in [0.25, 0.3) is 0 Å². The van der Waals surface area contributed by atoms with E-state index in [0.29, 0.717) is 23.7 Å². The number of nitrogens with one attached hydrogen (secondary N) is 2. The van der Waals surface area contributed by atoms with E-state index in [9.17, 15) is 9.59 Å². The molecular formula is C25H25N5O3. The normalized spacial score (nSPS) is 17.0. The van der Waals surface area contributed by atoms with Crippen molar-refractivity contribution in [1.29, 1.82) is 0 Å². The highest BCUT2D eigenvalue weighted by atomic mass is 16.5. The van der Waals surface area contributed by atoms with Crippen LogP contribution in [0.1, 0.15) is 47.3 Å². The lowest BCUT2D eigenvalue weighted by Crippen LogP contribution is -2.26. The fourth-order valence-electron chi connectivity index (χ4n) is 4.03. The number of rotatable bonds is 7. The van der Waals surface area contributed by atoms with Crippen molar-refractivity contribution < 1.29 is 14.3 Å². The number of hydrogen-bond donors (Lipinski definition) is 2. The van der Waals surface area contributed by atoms with Crippen molar-refractivity contribution in [2.45, 2.75) is 32.4 Å². The Hall–Kier alpha value is -3.94. The van der Waals surface area contributed by atoms with E-state index in [1.807, 2.05) is 54.3 Å². The molecule has 0 saturated heterocycles. The Morgan fingerprint density at radius 2 is 1.85 bits per heavy atom. The predicted octanol–water partition coefficient (Wildman–Crippen LogP) is 4.29. The molecule has 5 rings (SSSR count). The Morgan fingerprint density at radius 1 is 1.09 bits per heavy atom. The Balaban J connectivity index is 1.30. The maximum Gasteiger partial charge on any atom is 0.255 e. The summed E-state index contributed by atoms with van der Waals surface area (Å²) in [6.07, 6.45) is 3.29. The summed E-state index contributed by atoms with van der Waals surface area (Å²) in [5.74, 6) is 1.96. The molecule has 8 heteroatoms. The average molecular weight is 444 g/mol. The number of aromatic nitrogens is 2. The quantitative estimate of drug-likeness (QED) is 0.565. The van der Waals surface area contributed by atoms with Gasteiger partial charge in [0.1, 0.15) is 23.7 Å². The van der Waals surface area contributed by atoms with Gasteiger partial charge in [0.05, 0.1) is 13.2 Å². The van der Waals surface area contributed by atoms with Crippen LogP contribution in [-0.2, 0) is 11.3 Å². The van der Waals surface area contributed by atoms with Crippen LogP contribution in [0.4, 0.5) is 17.3 Å². The third-order valence-electron chi connectivity index (χ3n) is 6.11. The first kappa shape index (κ1) is 20.9. The van der Waals surface area contributed by atoms with E-state index >= 15 is 0 Å². The van der Waals surface area contributed by atoms with E-state index in [1.165, 1.54) is 6.33 Å². The number of carbonyl (C=O) groups excluding carboxylic acids is 2. The molecule has 2 aromatic carbocycles. The van der Waals surface area contributed by atoms with Crippen LogP contribution in [0.15, 0.2) is 54.9 Å². The van der Waals surface area contributed by atoms with Crippen LogP contribution in [-0.4, -0.2) is 33.8 Å². The minimum atomic E-state index is -0.0601. The maximum atomic E-state index is 13.0. The third-order valence-corrected chi connectivity index (χ3v) is 6.11. The monoisotopic (exact) mass is 443 g/mol. The largest absolute Gasteiger partial charge is 0.497 e. The second-order valence-corrected chi connectivity index (χ2v) is 8.44. The van der Waals surface area contributed by atoms with Crippen molar-refractivity contribution in [3.8, 4) is 5.75 Å². The molecule has 1 unspecified atom stereocenters. The van der Waals surface area contributed by atoms with Crippen molar-refractivity contribution in [2.75, 3.05) is 17.7 Å². The van der Waals surface area contributed by atoms with Crippen LogP contribution in [0.5, 0.6) is 5.75 Å². The van der Waals surface area contributed by atoms with Gasteiger partial charge in [-0.25, -0.2) is 9.97 Å². The van der Waals surface area contributed by atoms with Gasteiger partial charge in [-0.1, -0.05) is 12.1 Å². The van der Waals surface area contributed by atoms with Gasteiger partial charge in [0.2, 0.25) is 5.91 Å². The molecule has 0 radical (unpaired) electrons. The highest BCUT2D eigenvalue weighted by Gasteiger charge is 2.34. The van der Waals surface area contributed by atoms with E-state index in [2.05, 4.69) is 20.6 Å². The van der Waals surface area contributed by atoms with E-state index in [4.69, 9.17) is 4.74 Å². The number of fused-ring (bicyclic) bond motifs is 1. The lowest BCUT2D eigenvalue weighted by Gasteiger charge is -2.22. The number of carbonyl (C=O) groups is 2. The van der Waals surface area contributed by atoms with E-state index in [-0.39, 0.29) is 23.8 Å². The van der Waals surface area contributed by atoms with E-state index < -0.39 is 0 Å². The minimum absolute atomic E-state index is 0.00136. The van der Waals surface area contributed by atoms with Gasteiger partial charge in [-0.2, -0.15) is 0 Å². The summed E-state index contributed by atoms with van der Waals surface area (Å²) in [5.41, 5.74) is 3.54. The van der Waals surface area contributed by atoms with Gasteiger partial charge in [0, 0.05) is 29.8 Å². The minimum Gasteiger partial charge on any atom is -0.497 e. The van der Waals surface area contributed by atoms with Crippen LogP contribution in [0.3, 0.4) is 0 Å². The zero-order valence-electron chi connectivity index (χ0n) is 18.5. The van der Waals surface area contributed by atoms with Crippen LogP contribution in [0, 0.1) is 5.92 Å². The van der Waals surface area contributed by atoms with Gasteiger partial charge in [0.15, 0.2) is 0 Å². The van der Waals surface area contributed by atoms with Gasteiger partial charge in [-0.15, -0.1) is 0 Å². The molecule has 1 aliphatic heterocycles. The van der Waals surface area contributed by atoms with Gasteiger partial charge in [-0.05, 0) is 61.2 Å². The highest BCUT2D eigenvalue weighted by molar-refractivity contribution is 5.99. The summed E-state index contributed by atoms with van der Waals surface area (Å²) in [4.78, 5) is 35.3. The first-order chi connectivity index (χ1) is 16.0. The van der Waals surface area contributed by atoms with Crippen molar-refractivity contribution in [1.82, 2.24) is 14.9 Å². The predicted molar refractivity (Wildman–Crippen MR) is 124 cm³/mol. The zero-order valence-corrected chi connectivity index (χ0v) is 18.5. The maximum absolute atomic E-state index is 13.0. The SMILES string of the molecule is COc1ccc(CN2C(=O)c3ccc(Nc4cc(NC(=O)C5CC5)ncn4)cc3C2C)cc1. The van der Waals surface area contributed by atoms with E-state index in [1.54, 1.807) is 13.2 Å². The lowest BCUT2D eigenvalue weighted by molar-refractivity contribution is -0.117. The molecule has 168 valence electrons. The number of ether oxygens (including phenoxy) is 1. The fourth-order valence-corrected chi connectivity index (χ4v) is 4.03. The van der Waals surface area contributed by atoms with Gasteiger partial charge >= 0.3 is 0 Å². The molecule has 3 aromatic rings. The number of amides is 2. The smallest absolute Gasteiger partial charge is 0.255 e. The molecular weight excluding hydrogens is 418 g/mol. The molecule has 2 aliphatic rings. The summed E-state index contributed by atoms with van der Waals surface area (Å²) in [6.45, 7) is 2.56. The van der Waals surface area contributed by atoms with Crippen LogP contribution >= 0.6 is 0 Å². The Labute approximate surface area is 192 Å². The molecule has 33 heavy (non-hydrogen) atoms. The highest BCUT2D eigenvalue weighted by Crippen LogP contribution is 2.37. The molecule has 2 heterocycles. The molecule has 0 bridgehead atoms. The zero-order chi connectivity index (χ0) is 22.9. The van der Waals surface area contributed by atoms with Crippen molar-refractivity contribution in [2.24, 2.45) is 5.92 Å². The molecule has 1 fully saturated rings. The average Bonchev–Trinajstić information content (AvgIpc) is 3.65. The molecule has 2 amide bonds. The molecule has 1 aliphatic carbocycles. The number of benzene rings is 2. The first-order valence-electron chi connectivity index (χ1n) is 11.0. The fraction of sp³-hybridized carbons (Fsp3) is 0.280. The van der Waals surface area contributed by atoms with Crippen molar-refractivity contribution in [3.63, 3.8) is 0 Å². The van der Waals surface area contributed by atoms with Crippen molar-refractivity contribution in [3.05, 3.63) is 71.5 Å². The third kappa shape index (κ3) is 4.37. The number of methoxy groups -OCH3 is 1. The van der Waals surface area contributed by atoms with E-state index in [0.717, 1.165) is 35.4 Å². The first-order valence-corrected chi connectivity index (χ1v) is 11.0. The summed E-state index contributed by atoms with van der Waals surface area (Å²) >= 11 is 0. The molecule has 1 saturated carbocycles. The second kappa shape index (κ2) is 8.54. The lowest BCUT2D eigenvalue weighted by atomic mass is 10.0. The second-order valence-electron chi connectivity index (χ2n) is 8.44. The summed E-state index contributed by atoms with van der Waals surface area (Å²) in [7, 11) is 1.63. The standard InChI is InChI=1S/C25H25N5O3/c1-15-21-11-18(28-22-12-23(27-14-26-22)29-24(31)17-5-6-17)7-10-20(21)25(32)30(15)13-16-3-8-19(33-2)9-4-16/h3-4,7-12,14-15,17H,5-6,13H2,1-2H3,(H2,26,27,28,29,31). The Morgan fingerprint density at radius 3 is 2.58 bits per heavy atom. The molecule has 0 spiro atoms. The molecule has 1 aromatic heterocycles. The van der Waals surface area contributed by atoms with Gasteiger partial charge in [0.25, 0.3) is 5.91 Å². The number of hydrogen-bond acceptors (Lipinski definition) is 6. The summed E-state index contributed by atoms with van der Waals surface area (Å²) < 4.78 is 5.22. The summed E-state index contributed by atoms with van der Waals surface area (Å²) in [6, 6.07) is 15.1. The van der Waals surface area contributed by atoms with Gasteiger partial charge in [-0.3, -0.25) is 9.59 Å². The molecule has 1 atom stereocenters. The number of anilines is 3. The molecule has 2 N–H and O–H groups in total. The summed E-state index contributed by atoms with van der Waals surface area (Å²) in [5, 5.41) is 6.09. The van der Waals surface area contributed by atoms with Gasteiger partial charge < -0.3 is 20.3 Å². The van der Waals surface area contributed by atoms with Crippen LogP contribution in [0.2, 0.25) is 0 Å². The Bertz CT molecular complexity index is 1210. The number of nitrogens with zero attached hydrogens (tertiary/aromatic N) is 3. The molecule has 8 nitrogen and oxygen atoms in total. The van der Waals surface area contributed by atoms with Crippen molar-refractivity contribution >= 4 is 29.1 Å². The topological polar surface area (TPSA) is 96.5 Å². The van der Waals surface area contributed by atoms with Crippen LogP contribution < -0.4 is 15.4 Å². The Kier molecular flexibility index (Phi) is 5.42.